The van der Waals surface area contributed by atoms with E-state index in [4.69, 9.17) is 21.1 Å². The zero-order chi connectivity index (χ0) is 26.3. The van der Waals surface area contributed by atoms with E-state index < -0.39 is 15.6 Å². The van der Waals surface area contributed by atoms with E-state index in [2.05, 4.69) is 39.8 Å². The predicted molar refractivity (Wildman–Crippen MR) is 154 cm³/mol. The molecule has 2 heterocycles. The summed E-state index contributed by atoms with van der Waals surface area (Å²) in [6.07, 6.45) is 9.84. The molecule has 0 aromatic heterocycles. The predicted octanol–water partition coefficient (Wildman–Crippen LogP) is 4.79. The number of anilines is 1. The molecule has 2 aromatic rings. The van der Waals surface area contributed by atoms with E-state index >= 15 is 0 Å². The third-order valence-electron chi connectivity index (χ3n) is 8.66. The highest BCUT2D eigenvalue weighted by molar-refractivity contribution is 7.99. The SMILES string of the molecule is C=S1(=O)CCOC/C=C/[C@@H]2CC[C@H]2CN2C[C@@]3(CCCc4cc(Cl)ccc43)COc3ccc(cc32)C(=O)N1. The molecule has 0 radical (unpaired) electrons. The monoisotopic (exact) mass is 554 g/mol. The Labute approximate surface area is 230 Å². The number of nitrogens with zero attached hydrogens (tertiary/aromatic N) is 1. The second kappa shape index (κ2) is 10.2. The zero-order valence-electron chi connectivity index (χ0n) is 21.6. The molecule has 0 saturated heterocycles. The van der Waals surface area contributed by atoms with E-state index in [1.807, 2.05) is 18.2 Å². The van der Waals surface area contributed by atoms with Gasteiger partial charge in [-0.1, -0.05) is 29.8 Å². The van der Waals surface area contributed by atoms with Crippen molar-refractivity contribution in [3.8, 4) is 5.75 Å². The summed E-state index contributed by atoms with van der Waals surface area (Å²) in [5.74, 6) is 5.35. The van der Waals surface area contributed by atoms with Crippen molar-refractivity contribution in [2.24, 2.45) is 11.8 Å². The molecule has 2 bridgehead atoms. The molecule has 1 N–H and O–H groups in total. The van der Waals surface area contributed by atoms with Gasteiger partial charge in [0.1, 0.15) is 5.75 Å². The molecule has 1 amide bonds. The average molecular weight is 555 g/mol. The quantitative estimate of drug-likeness (QED) is 0.375. The molecule has 6 nitrogen and oxygen atoms in total. The number of ether oxygens (including phenoxy) is 2. The summed E-state index contributed by atoms with van der Waals surface area (Å²) in [6, 6.07) is 11.8. The zero-order valence-corrected chi connectivity index (χ0v) is 23.2. The lowest BCUT2D eigenvalue weighted by molar-refractivity contribution is 0.0982. The number of benzene rings is 2. The molecule has 8 heteroatoms. The summed E-state index contributed by atoms with van der Waals surface area (Å²) >= 11 is 6.38. The van der Waals surface area contributed by atoms with Gasteiger partial charge in [0.15, 0.2) is 0 Å². The standard InChI is InChI=1S/C30H35ClN2O4S/c1-38(35)15-14-36-13-3-5-21-6-7-24(21)18-33-19-30(12-2-4-22-16-25(31)9-10-26(22)30)20-37-28-11-8-23(17-27(28)33)29(34)32-38/h3,5,8-11,16-17,21,24H,1-2,4,6-7,12-15,18-20H2,(H,32,34,35)/b5-3+/t21-,24+,30+,38?/m1/s1. The number of hydrogen-bond donors (Lipinski definition) is 1. The van der Waals surface area contributed by atoms with Crippen LogP contribution >= 0.6 is 11.6 Å². The first-order valence-electron chi connectivity index (χ1n) is 13.5. The van der Waals surface area contributed by atoms with Gasteiger partial charge in [0.05, 0.1) is 31.3 Å². The Bertz CT molecular complexity index is 1370. The third kappa shape index (κ3) is 5.08. The number of hydrogen-bond acceptors (Lipinski definition) is 5. The number of carbonyl (C=O) groups is 1. The first-order chi connectivity index (χ1) is 18.3. The maximum atomic E-state index is 13.2. The smallest absolute Gasteiger partial charge is 0.262 e. The van der Waals surface area contributed by atoms with E-state index in [-0.39, 0.29) is 17.8 Å². The number of nitrogens with one attached hydrogen (secondary N) is 1. The van der Waals surface area contributed by atoms with Gasteiger partial charge in [-0.3, -0.25) is 9.52 Å². The molecule has 2 aliphatic carbocycles. The fraction of sp³-hybridized carbons (Fsp3) is 0.467. The van der Waals surface area contributed by atoms with Gasteiger partial charge in [0, 0.05) is 38.8 Å². The van der Waals surface area contributed by atoms with Crippen LogP contribution in [0.1, 0.15) is 47.2 Å². The van der Waals surface area contributed by atoms with Gasteiger partial charge < -0.3 is 14.4 Å². The van der Waals surface area contributed by atoms with E-state index in [1.165, 1.54) is 24.0 Å². The first kappa shape index (κ1) is 25.8. The van der Waals surface area contributed by atoms with Crippen molar-refractivity contribution in [1.29, 1.82) is 0 Å². The highest BCUT2D eigenvalue weighted by Gasteiger charge is 2.43. The molecule has 6 rings (SSSR count). The van der Waals surface area contributed by atoms with Crippen molar-refractivity contribution in [3.63, 3.8) is 0 Å². The molecular formula is C30H35ClN2O4S. The number of halogens is 1. The van der Waals surface area contributed by atoms with Crippen LogP contribution < -0.4 is 14.4 Å². The van der Waals surface area contributed by atoms with Crippen molar-refractivity contribution < 1.29 is 18.5 Å². The Kier molecular flexibility index (Phi) is 6.95. The molecule has 2 aliphatic heterocycles. The highest BCUT2D eigenvalue weighted by Crippen LogP contribution is 2.46. The van der Waals surface area contributed by atoms with Crippen LogP contribution in [0.5, 0.6) is 5.75 Å². The summed E-state index contributed by atoms with van der Waals surface area (Å²) in [7, 11) is -2.82. The molecule has 1 fully saturated rings. The maximum Gasteiger partial charge on any atom is 0.262 e. The van der Waals surface area contributed by atoms with Crippen molar-refractivity contribution in [2.75, 3.05) is 43.6 Å². The van der Waals surface area contributed by atoms with Crippen LogP contribution in [-0.4, -0.2) is 54.6 Å². The van der Waals surface area contributed by atoms with E-state index in [0.717, 1.165) is 48.8 Å². The van der Waals surface area contributed by atoms with Crippen molar-refractivity contribution >= 4 is 38.8 Å². The number of fused-ring (bicyclic) bond motifs is 4. The molecule has 2 aromatic carbocycles. The van der Waals surface area contributed by atoms with Crippen LogP contribution in [0.25, 0.3) is 0 Å². The molecule has 1 spiro atoms. The molecule has 202 valence electrons. The fourth-order valence-electron chi connectivity index (χ4n) is 6.47. The second-order valence-corrected chi connectivity index (χ2v) is 13.9. The van der Waals surface area contributed by atoms with Crippen LogP contribution in [0.15, 0.2) is 48.6 Å². The minimum atomic E-state index is -2.82. The topological polar surface area (TPSA) is 67.9 Å². The van der Waals surface area contributed by atoms with Gasteiger partial charge >= 0.3 is 0 Å². The lowest BCUT2D eigenvalue weighted by atomic mass is 9.69. The fourth-order valence-corrected chi connectivity index (χ4v) is 7.61. The second-order valence-electron chi connectivity index (χ2n) is 11.2. The summed E-state index contributed by atoms with van der Waals surface area (Å²) in [6.45, 7) is 3.02. The Morgan fingerprint density at radius 3 is 2.92 bits per heavy atom. The van der Waals surface area contributed by atoms with Gasteiger partial charge in [-0.2, -0.15) is 0 Å². The van der Waals surface area contributed by atoms with Crippen LogP contribution in [0.3, 0.4) is 0 Å². The number of amides is 1. The van der Waals surface area contributed by atoms with Gasteiger partial charge in [-0.15, -0.1) is 0 Å². The number of allylic oxidation sites excluding steroid dienone is 1. The van der Waals surface area contributed by atoms with Crippen LogP contribution in [-0.2, 0) is 26.3 Å². The summed E-state index contributed by atoms with van der Waals surface area (Å²) < 4.78 is 27.8. The lowest BCUT2D eigenvalue weighted by Gasteiger charge is -2.44. The van der Waals surface area contributed by atoms with Crippen LogP contribution in [0.4, 0.5) is 5.69 Å². The van der Waals surface area contributed by atoms with E-state index in [0.29, 0.717) is 30.6 Å². The molecular weight excluding hydrogens is 520 g/mol. The molecule has 1 saturated carbocycles. The lowest BCUT2D eigenvalue weighted by Crippen LogP contribution is -2.48. The largest absolute Gasteiger partial charge is 0.490 e. The van der Waals surface area contributed by atoms with Crippen LogP contribution in [0, 0.1) is 11.8 Å². The van der Waals surface area contributed by atoms with Crippen molar-refractivity contribution in [2.45, 2.75) is 37.5 Å². The number of aryl methyl sites for hydroxylation is 1. The van der Waals surface area contributed by atoms with E-state index in [1.54, 1.807) is 6.07 Å². The number of rotatable bonds is 0. The minimum absolute atomic E-state index is 0.162. The first-order valence-corrected chi connectivity index (χ1v) is 15.8. The molecule has 38 heavy (non-hydrogen) atoms. The molecule has 1 unspecified atom stereocenters. The molecule has 4 aliphatic rings. The third-order valence-corrected chi connectivity index (χ3v) is 10.3. The summed E-state index contributed by atoms with van der Waals surface area (Å²) in [5.41, 5.74) is 3.85. The minimum Gasteiger partial charge on any atom is -0.490 e. The highest BCUT2D eigenvalue weighted by atomic mass is 35.5. The van der Waals surface area contributed by atoms with E-state index in [9.17, 15) is 9.00 Å². The van der Waals surface area contributed by atoms with Gasteiger partial charge in [-0.25, -0.2) is 4.21 Å². The normalized spacial score (nSPS) is 32.1. The Hall–Kier alpha value is -2.48. The van der Waals surface area contributed by atoms with Gasteiger partial charge in [0.2, 0.25) is 0 Å². The van der Waals surface area contributed by atoms with Gasteiger partial charge in [0.25, 0.3) is 5.91 Å². The Balaban J connectivity index is 1.41. The molecule has 4 atom stereocenters. The Morgan fingerprint density at radius 1 is 1.18 bits per heavy atom. The van der Waals surface area contributed by atoms with Crippen molar-refractivity contribution in [1.82, 2.24) is 4.72 Å². The van der Waals surface area contributed by atoms with Gasteiger partial charge in [-0.05, 0) is 91.3 Å². The summed E-state index contributed by atoms with van der Waals surface area (Å²) in [5, 5.41) is 0.773. The average Bonchev–Trinajstić information content (AvgIpc) is 3.02. The van der Waals surface area contributed by atoms with Crippen LogP contribution in [0.2, 0.25) is 5.02 Å². The van der Waals surface area contributed by atoms with Crippen molar-refractivity contribution in [3.05, 3.63) is 70.3 Å². The Morgan fingerprint density at radius 2 is 2.08 bits per heavy atom. The number of carbonyl (C=O) groups excluding carboxylic acids is 1. The summed E-state index contributed by atoms with van der Waals surface area (Å²) in [4.78, 5) is 15.6. The maximum absolute atomic E-state index is 13.2.